The van der Waals surface area contributed by atoms with Crippen molar-refractivity contribution in [1.29, 1.82) is 0 Å². The zero-order valence-electron chi connectivity index (χ0n) is 7.15. The lowest BCUT2D eigenvalue weighted by atomic mass is 10.4. The molecule has 0 atom stereocenters. The summed E-state index contributed by atoms with van der Waals surface area (Å²) in [7, 11) is 0. The molecule has 15 heavy (non-hydrogen) atoms. The van der Waals surface area contributed by atoms with E-state index in [-0.39, 0.29) is 11.6 Å². The lowest BCUT2D eigenvalue weighted by molar-refractivity contribution is 0.116. The van der Waals surface area contributed by atoms with Crippen molar-refractivity contribution in [3.8, 4) is 11.6 Å². The molecule has 2 aromatic heterocycles. The van der Waals surface area contributed by atoms with Gasteiger partial charge in [-0.05, 0) is 0 Å². The van der Waals surface area contributed by atoms with Crippen LogP contribution >= 0.6 is 0 Å². The van der Waals surface area contributed by atoms with Gasteiger partial charge in [0.15, 0.2) is 0 Å². The summed E-state index contributed by atoms with van der Waals surface area (Å²) in [5, 5.41) is 6.44. The Balaban J connectivity index is 2.41. The van der Waals surface area contributed by atoms with E-state index in [4.69, 9.17) is 0 Å². The average Bonchev–Trinajstić information content (AvgIpc) is 2.66. The van der Waals surface area contributed by atoms with Crippen LogP contribution in [0.4, 0.5) is 8.78 Å². The van der Waals surface area contributed by atoms with Gasteiger partial charge in [0, 0.05) is 6.07 Å². The maximum atomic E-state index is 12.1. The molecule has 0 fully saturated rings. The van der Waals surface area contributed by atoms with Crippen LogP contribution in [-0.4, -0.2) is 20.2 Å². The zero-order valence-corrected chi connectivity index (χ0v) is 7.15. The van der Waals surface area contributed by atoms with E-state index < -0.39 is 17.9 Å². The maximum Gasteiger partial charge on any atom is 0.314 e. The third kappa shape index (κ3) is 1.87. The normalized spacial score (nSPS) is 10.9. The van der Waals surface area contributed by atoms with Crippen molar-refractivity contribution in [2.45, 2.75) is 6.43 Å². The Morgan fingerprint density at radius 1 is 1.40 bits per heavy atom. The van der Waals surface area contributed by atoms with Crippen LogP contribution < -0.4 is 5.56 Å². The van der Waals surface area contributed by atoms with Crippen molar-refractivity contribution in [2.75, 3.05) is 0 Å². The van der Waals surface area contributed by atoms with Gasteiger partial charge in [-0.3, -0.25) is 4.79 Å². The van der Waals surface area contributed by atoms with Crippen molar-refractivity contribution in [2.24, 2.45) is 0 Å². The number of hydrogen-bond acceptors (Lipinski definition) is 5. The van der Waals surface area contributed by atoms with Crippen LogP contribution in [0.5, 0.6) is 0 Å². The number of nitrogens with zero attached hydrogens (tertiary/aromatic N) is 3. The Morgan fingerprint density at radius 2 is 2.20 bits per heavy atom. The van der Waals surface area contributed by atoms with Crippen LogP contribution in [0, 0.1) is 0 Å². The molecule has 0 radical (unpaired) electrons. The predicted octanol–water partition coefficient (Wildman–Crippen LogP) is 0.757. The first kappa shape index (κ1) is 9.44. The number of aromatic nitrogens is 4. The number of aromatic amines is 1. The highest BCUT2D eigenvalue weighted by Crippen LogP contribution is 2.20. The second-order valence-electron chi connectivity index (χ2n) is 2.54. The van der Waals surface area contributed by atoms with E-state index in [2.05, 4.69) is 24.6 Å². The van der Waals surface area contributed by atoms with E-state index in [0.29, 0.717) is 0 Å². The van der Waals surface area contributed by atoms with Crippen molar-refractivity contribution >= 4 is 0 Å². The lowest BCUT2D eigenvalue weighted by Gasteiger charge is -1.91. The fourth-order valence-corrected chi connectivity index (χ4v) is 0.912. The standard InChI is InChI=1S/C7H4F2N4O2/c8-5(9)7-13-12-6(15-7)3-1-4(14)11-2-10-3/h1-2,5H,(H,10,11,14). The van der Waals surface area contributed by atoms with Crippen molar-refractivity contribution in [3.05, 3.63) is 28.6 Å². The van der Waals surface area contributed by atoms with Crippen molar-refractivity contribution in [3.63, 3.8) is 0 Å². The molecule has 78 valence electrons. The topological polar surface area (TPSA) is 84.7 Å². The smallest absolute Gasteiger partial charge is 0.314 e. The SMILES string of the molecule is O=c1cc(-c2nnc(C(F)F)o2)nc[nH]1. The molecule has 8 heteroatoms. The summed E-state index contributed by atoms with van der Waals surface area (Å²) in [5.74, 6) is -1.01. The molecule has 0 unspecified atom stereocenters. The van der Waals surface area contributed by atoms with Crippen LogP contribution in [0.2, 0.25) is 0 Å². The van der Waals surface area contributed by atoms with Gasteiger partial charge in [0.1, 0.15) is 5.69 Å². The fraction of sp³-hybridized carbons (Fsp3) is 0.143. The predicted molar refractivity (Wildman–Crippen MR) is 43.1 cm³/mol. The molecule has 0 aliphatic heterocycles. The van der Waals surface area contributed by atoms with Crippen LogP contribution in [0.15, 0.2) is 21.6 Å². The highest BCUT2D eigenvalue weighted by atomic mass is 19.3. The van der Waals surface area contributed by atoms with Crippen molar-refractivity contribution < 1.29 is 13.2 Å². The second-order valence-corrected chi connectivity index (χ2v) is 2.54. The molecule has 0 bridgehead atoms. The minimum Gasteiger partial charge on any atom is -0.414 e. The zero-order chi connectivity index (χ0) is 10.8. The molecule has 0 saturated heterocycles. The van der Waals surface area contributed by atoms with Gasteiger partial charge in [-0.2, -0.15) is 8.78 Å². The minimum atomic E-state index is -2.84. The van der Waals surface area contributed by atoms with E-state index in [0.717, 1.165) is 12.4 Å². The largest absolute Gasteiger partial charge is 0.414 e. The van der Waals surface area contributed by atoms with E-state index >= 15 is 0 Å². The maximum absolute atomic E-state index is 12.1. The molecular weight excluding hydrogens is 210 g/mol. The molecular formula is C7H4F2N4O2. The Bertz CT molecular complexity index is 521. The summed E-state index contributed by atoms with van der Waals surface area (Å²) < 4.78 is 28.8. The fourth-order valence-electron chi connectivity index (χ4n) is 0.912. The molecule has 2 aromatic rings. The summed E-state index contributed by atoms with van der Waals surface area (Å²) in [5.41, 5.74) is -0.380. The molecule has 0 aromatic carbocycles. The monoisotopic (exact) mass is 214 g/mol. The Labute approximate surface area is 81.0 Å². The first-order valence-corrected chi connectivity index (χ1v) is 3.83. The van der Waals surface area contributed by atoms with Crippen LogP contribution in [0.1, 0.15) is 12.3 Å². The molecule has 0 amide bonds. The Kier molecular flexibility index (Phi) is 2.24. The van der Waals surface area contributed by atoms with E-state index in [1.807, 2.05) is 0 Å². The quantitative estimate of drug-likeness (QED) is 0.797. The molecule has 0 saturated carbocycles. The number of H-pyrrole nitrogens is 1. The number of halogens is 2. The number of nitrogens with one attached hydrogen (secondary N) is 1. The van der Waals surface area contributed by atoms with Gasteiger partial charge in [-0.25, -0.2) is 4.98 Å². The number of hydrogen-bond donors (Lipinski definition) is 1. The van der Waals surface area contributed by atoms with Crippen LogP contribution in [0.25, 0.3) is 11.6 Å². The summed E-state index contributed by atoms with van der Waals surface area (Å²) in [6.45, 7) is 0. The van der Waals surface area contributed by atoms with Crippen LogP contribution in [-0.2, 0) is 0 Å². The molecule has 0 spiro atoms. The first-order valence-electron chi connectivity index (χ1n) is 3.83. The highest BCUT2D eigenvalue weighted by molar-refractivity contribution is 5.44. The summed E-state index contributed by atoms with van der Waals surface area (Å²) in [6, 6.07) is 1.07. The minimum absolute atomic E-state index is 0.0538. The Morgan fingerprint density at radius 3 is 2.80 bits per heavy atom. The second kappa shape index (κ2) is 3.56. The van der Waals surface area contributed by atoms with Gasteiger partial charge >= 0.3 is 6.43 Å². The van der Waals surface area contributed by atoms with Gasteiger partial charge in [0.2, 0.25) is 0 Å². The van der Waals surface area contributed by atoms with Gasteiger partial charge in [-0.15, -0.1) is 10.2 Å². The third-order valence-corrected chi connectivity index (χ3v) is 1.52. The molecule has 6 nitrogen and oxygen atoms in total. The molecule has 2 rings (SSSR count). The van der Waals surface area contributed by atoms with E-state index in [9.17, 15) is 13.6 Å². The first-order chi connectivity index (χ1) is 7.16. The van der Waals surface area contributed by atoms with Gasteiger partial charge in [0.25, 0.3) is 17.3 Å². The van der Waals surface area contributed by atoms with E-state index in [1.54, 1.807) is 0 Å². The van der Waals surface area contributed by atoms with Gasteiger partial charge < -0.3 is 9.40 Å². The van der Waals surface area contributed by atoms with Gasteiger partial charge in [-0.1, -0.05) is 0 Å². The summed E-state index contributed by atoms with van der Waals surface area (Å²) in [4.78, 5) is 16.8. The summed E-state index contributed by atoms with van der Waals surface area (Å²) >= 11 is 0. The molecule has 2 heterocycles. The number of rotatable bonds is 2. The number of alkyl halides is 2. The lowest BCUT2D eigenvalue weighted by Crippen LogP contribution is -2.04. The van der Waals surface area contributed by atoms with Crippen molar-refractivity contribution in [1.82, 2.24) is 20.2 Å². The van der Waals surface area contributed by atoms with Crippen LogP contribution in [0.3, 0.4) is 0 Å². The van der Waals surface area contributed by atoms with Gasteiger partial charge in [0.05, 0.1) is 6.33 Å². The Hall–Kier alpha value is -2.12. The molecule has 0 aliphatic carbocycles. The highest BCUT2D eigenvalue weighted by Gasteiger charge is 2.17. The molecule has 1 N–H and O–H groups in total. The summed E-state index contributed by atoms with van der Waals surface area (Å²) in [6.07, 6.45) is -1.72. The van der Waals surface area contributed by atoms with E-state index in [1.165, 1.54) is 0 Å². The average molecular weight is 214 g/mol. The third-order valence-electron chi connectivity index (χ3n) is 1.52. The molecule has 0 aliphatic rings.